The molecule has 6 nitrogen and oxygen atoms in total. The van der Waals surface area contributed by atoms with Gasteiger partial charge in [0.1, 0.15) is 5.54 Å². The number of nitrogens with one attached hydrogen (secondary N) is 1. The molecule has 0 heterocycles. The van der Waals surface area contributed by atoms with E-state index in [1.807, 2.05) is 0 Å². The second-order valence-corrected chi connectivity index (χ2v) is 8.96. The number of sulfone groups is 1. The van der Waals surface area contributed by atoms with Gasteiger partial charge in [-0.3, -0.25) is 4.79 Å². The summed E-state index contributed by atoms with van der Waals surface area (Å²) in [7, 11) is -3.45. The molecule has 25 heavy (non-hydrogen) atoms. The molecule has 2 N–H and O–H groups in total. The standard InChI is InChI=1S/C18H25NO5S/c1-4-13-7-9-18(10-8-13,17(21)22)19-16(20)15-11-14(25(3,23)24)6-5-12(15)2/h5-6,11,13H,4,7-10H2,1-3H3,(H,19,20)(H,21,22). The molecular formula is C18H25NO5S. The normalized spacial score (nSPS) is 23.9. The number of amides is 1. The average molecular weight is 367 g/mol. The lowest BCUT2D eigenvalue weighted by molar-refractivity contribution is -0.146. The van der Waals surface area contributed by atoms with Crippen molar-refractivity contribution in [2.24, 2.45) is 5.92 Å². The lowest BCUT2D eigenvalue weighted by Crippen LogP contribution is -2.56. The van der Waals surface area contributed by atoms with Crippen LogP contribution in [0.2, 0.25) is 0 Å². The van der Waals surface area contributed by atoms with Crippen LogP contribution in [0, 0.1) is 12.8 Å². The topological polar surface area (TPSA) is 101 Å². The molecule has 0 radical (unpaired) electrons. The summed E-state index contributed by atoms with van der Waals surface area (Å²) in [6, 6.07) is 4.32. The molecule has 7 heteroatoms. The Kier molecular flexibility index (Phi) is 5.56. The van der Waals surface area contributed by atoms with Gasteiger partial charge in [-0.05, 0) is 56.2 Å². The van der Waals surface area contributed by atoms with Crippen molar-refractivity contribution in [3.05, 3.63) is 29.3 Å². The summed E-state index contributed by atoms with van der Waals surface area (Å²) in [6.45, 7) is 3.78. The Bertz CT molecular complexity index is 777. The van der Waals surface area contributed by atoms with Crippen molar-refractivity contribution in [1.82, 2.24) is 5.32 Å². The van der Waals surface area contributed by atoms with Gasteiger partial charge in [0.25, 0.3) is 5.91 Å². The van der Waals surface area contributed by atoms with Crippen molar-refractivity contribution in [2.45, 2.75) is 56.4 Å². The first kappa shape index (κ1) is 19.4. The van der Waals surface area contributed by atoms with E-state index in [-0.39, 0.29) is 10.5 Å². The van der Waals surface area contributed by atoms with E-state index in [0.29, 0.717) is 24.3 Å². The summed E-state index contributed by atoms with van der Waals surface area (Å²) >= 11 is 0. The molecule has 0 spiro atoms. The number of carboxylic acids is 1. The van der Waals surface area contributed by atoms with Crippen LogP contribution >= 0.6 is 0 Å². The highest BCUT2D eigenvalue weighted by Gasteiger charge is 2.43. The molecule has 0 bridgehead atoms. The van der Waals surface area contributed by atoms with E-state index in [9.17, 15) is 23.1 Å². The zero-order valence-corrected chi connectivity index (χ0v) is 15.6. The molecule has 2 rings (SSSR count). The number of benzene rings is 1. The van der Waals surface area contributed by atoms with Crippen LogP contribution in [0.15, 0.2) is 23.1 Å². The summed E-state index contributed by atoms with van der Waals surface area (Å²) in [4.78, 5) is 24.6. The maximum atomic E-state index is 12.7. The van der Waals surface area contributed by atoms with Crippen LogP contribution in [0.25, 0.3) is 0 Å². The number of aryl methyl sites for hydroxylation is 1. The second-order valence-electron chi connectivity index (χ2n) is 6.94. The predicted octanol–water partition coefficient (Wildman–Crippen LogP) is 2.55. The van der Waals surface area contributed by atoms with Gasteiger partial charge in [-0.2, -0.15) is 0 Å². The highest BCUT2D eigenvalue weighted by molar-refractivity contribution is 7.90. The monoisotopic (exact) mass is 367 g/mol. The Labute approximate surface area is 148 Å². The Morgan fingerprint density at radius 1 is 1.28 bits per heavy atom. The van der Waals surface area contributed by atoms with E-state index in [2.05, 4.69) is 12.2 Å². The molecule has 1 aromatic carbocycles. The maximum absolute atomic E-state index is 12.7. The highest BCUT2D eigenvalue weighted by atomic mass is 32.2. The molecule has 0 aliphatic heterocycles. The molecule has 1 fully saturated rings. The number of carboxylic acid groups (broad SMARTS) is 1. The Hall–Kier alpha value is -1.89. The minimum absolute atomic E-state index is 0.0438. The first-order chi connectivity index (χ1) is 11.6. The summed E-state index contributed by atoms with van der Waals surface area (Å²) < 4.78 is 23.4. The number of hydrogen-bond acceptors (Lipinski definition) is 4. The third-order valence-corrected chi connectivity index (χ3v) is 6.29. The van der Waals surface area contributed by atoms with Crippen molar-refractivity contribution >= 4 is 21.7 Å². The van der Waals surface area contributed by atoms with Gasteiger partial charge in [-0.15, -0.1) is 0 Å². The first-order valence-electron chi connectivity index (χ1n) is 8.45. The van der Waals surface area contributed by atoms with E-state index in [0.717, 1.165) is 25.5 Å². The zero-order chi connectivity index (χ0) is 18.8. The van der Waals surface area contributed by atoms with Gasteiger partial charge in [0, 0.05) is 11.8 Å². The summed E-state index contributed by atoms with van der Waals surface area (Å²) in [5.41, 5.74) is -0.482. The molecule has 0 aromatic heterocycles. The molecule has 1 saturated carbocycles. The van der Waals surface area contributed by atoms with Crippen LogP contribution in [-0.2, 0) is 14.6 Å². The van der Waals surface area contributed by atoms with Gasteiger partial charge in [0.2, 0.25) is 0 Å². The number of carbonyl (C=O) groups is 2. The fraction of sp³-hybridized carbons (Fsp3) is 0.556. The van der Waals surface area contributed by atoms with Crippen LogP contribution in [0.1, 0.15) is 54.9 Å². The molecule has 0 atom stereocenters. The van der Waals surface area contributed by atoms with Crippen molar-refractivity contribution < 1.29 is 23.1 Å². The number of aliphatic carboxylic acids is 1. The van der Waals surface area contributed by atoms with Crippen molar-refractivity contribution in [2.75, 3.05) is 6.26 Å². The van der Waals surface area contributed by atoms with Crippen molar-refractivity contribution in [3.8, 4) is 0 Å². The molecule has 1 aromatic rings. The van der Waals surface area contributed by atoms with Crippen molar-refractivity contribution in [1.29, 1.82) is 0 Å². The summed E-state index contributed by atoms with van der Waals surface area (Å²) in [5, 5.41) is 12.4. The zero-order valence-electron chi connectivity index (χ0n) is 14.8. The van der Waals surface area contributed by atoms with Crippen LogP contribution in [0.3, 0.4) is 0 Å². The van der Waals surface area contributed by atoms with Crippen LogP contribution in [0.4, 0.5) is 0 Å². The predicted molar refractivity (Wildman–Crippen MR) is 94.4 cm³/mol. The lowest BCUT2D eigenvalue weighted by atomic mass is 9.75. The Morgan fingerprint density at radius 2 is 1.88 bits per heavy atom. The minimum atomic E-state index is -3.45. The highest BCUT2D eigenvalue weighted by Crippen LogP contribution is 2.34. The van der Waals surface area contributed by atoms with Gasteiger partial charge in [-0.1, -0.05) is 19.4 Å². The lowest BCUT2D eigenvalue weighted by Gasteiger charge is -2.37. The molecular weight excluding hydrogens is 342 g/mol. The van der Waals surface area contributed by atoms with Crippen LogP contribution in [0.5, 0.6) is 0 Å². The molecule has 1 aliphatic carbocycles. The molecule has 1 aliphatic rings. The first-order valence-corrected chi connectivity index (χ1v) is 10.3. The van der Waals surface area contributed by atoms with E-state index in [4.69, 9.17) is 0 Å². The van der Waals surface area contributed by atoms with Crippen LogP contribution in [-0.4, -0.2) is 37.2 Å². The number of carbonyl (C=O) groups excluding carboxylic acids is 1. The fourth-order valence-electron chi connectivity index (χ4n) is 3.33. The molecule has 0 saturated heterocycles. The second kappa shape index (κ2) is 7.15. The van der Waals surface area contributed by atoms with Gasteiger partial charge in [0.15, 0.2) is 9.84 Å². The summed E-state index contributed by atoms with van der Waals surface area (Å²) in [6.07, 6.45) is 4.36. The maximum Gasteiger partial charge on any atom is 0.329 e. The van der Waals surface area contributed by atoms with Crippen LogP contribution < -0.4 is 5.32 Å². The van der Waals surface area contributed by atoms with E-state index in [1.165, 1.54) is 12.1 Å². The molecule has 0 unspecified atom stereocenters. The smallest absolute Gasteiger partial charge is 0.329 e. The van der Waals surface area contributed by atoms with Gasteiger partial charge >= 0.3 is 5.97 Å². The SMILES string of the molecule is CCC1CCC(NC(=O)c2cc(S(C)(=O)=O)ccc2C)(C(=O)O)CC1. The third kappa shape index (κ3) is 4.21. The fourth-order valence-corrected chi connectivity index (χ4v) is 3.98. The average Bonchev–Trinajstić information content (AvgIpc) is 2.54. The summed E-state index contributed by atoms with van der Waals surface area (Å²) in [5.74, 6) is -1.09. The minimum Gasteiger partial charge on any atom is -0.480 e. The van der Waals surface area contributed by atoms with Gasteiger partial charge < -0.3 is 10.4 Å². The number of rotatable bonds is 5. The largest absolute Gasteiger partial charge is 0.480 e. The molecule has 1 amide bonds. The Morgan fingerprint density at radius 3 is 2.36 bits per heavy atom. The van der Waals surface area contributed by atoms with Gasteiger partial charge in [-0.25, -0.2) is 13.2 Å². The van der Waals surface area contributed by atoms with Crippen molar-refractivity contribution in [3.63, 3.8) is 0 Å². The van der Waals surface area contributed by atoms with E-state index < -0.39 is 27.3 Å². The quantitative estimate of drug-likeness (QED) is 0.833. The third-order valence-electron chi connectivity index (χ3n) is 5.18. The van der Waals surface area contributed by atoms with E-state index in [1.54, 1.807) is 13.0 Å². The molecule has 138 valence electrons. The Balaban J connectivity index is 2.30. The van der Waals surface area contributed by atoms with Gasteiger partial charge in [0.05, 0.1) is 4.90 Å². The number of hydrogen-bond donors (Lipinski definition) is 2. The van der Waals surface area contributed by atoms with E-state index >= 15 is 0 Å².